The zero-order valence-electron chi connectivity index (χ0n) is 10.3. The first-order chi connectivity index (χ1) is 8.36. The number of thiophene rings is 1. The number of hydrogen-bond donors (Lipinski definition) is 0. The number of hydrogen-bond acceptors (Lipinski definition) is 2. The van der Waals surface area contributed by atoms with Gasteiger partial charge in [0.25, 0.3) is 0 Å². The Balaban J connectivity index is 1.74. The van der Waals surface area contributed by atoms with Crippen molar-refractivity contribution in [1.29, 1.82) is 0 Å². The Kier molecular flexibility index (Phi) is 4.99. The van der Waals surface area contributed by atoms with E-state index in [4.69, 9.17) is 0 Å². The van der Waals surface area contributed by atoms with Crippen molar-refractivity contribution >= 4 is 17.1 Å². The second-order valence-corrected chi connectivity index (χ2v) is 5.72. The van der Waals surface area contributed by atoms with Crippen molar-refractivity contribution in [3.63, 3.8) is 0 Å². The van der Waals surface area contributed by atoms with Crippen LogP contribution in [0, 0.1) is 0 Å². The molecule has 1 aliphatic carbocycles. The van der Waals surface area contributed by atoms with Crippen LogP contribution in [0.1, 0.15) is 49.8 Å². The molecule has 17 heavy (non-hydrogen) atoms. The van der Waals surface area contributed by atoms with E-state index in [1.54, 1.807) is 11.3 Å². The highest BCUT2D eigenvalue weighted by Crippen LogP contribution is 2.20. The van der Waals surface area contributed by atoms with Gasteiger partial charge >= 0.3 is 0 Å². The molecule has 0 N–H and O–H groups in total. The van der Waals surface area contributed by atoms with Crippen LogP contribution < -0.4 is 0 Å². The van der Waals surface area contributed by atoms with Gasteiger partial charge in [0.2, 0.25) is 0 Å². The van der Waals surface area contributed by atoms with Crippen LogP contribution in [-0.4, -0.2) is 5.78 Å². The van der Waals surface area contributed by atoms with E-state index in [0.29, 0.717) is 5.78 Å². The fourth-order valence-electron chi connectivity index (χ4n) is 2.31. The second-order valence-electron chi connectivity index (χ2n) is 4.68. The fourth-order valence-corrected chi connectivity index (χ4v) is 3.06. The Morgan fingerprint density at radius 1 is 1.29 bits per heavy atom. The van der Waals surface area contributed by atoms with Crippen molar-refractivity contribution in [2.24, 2.45) is 0 Å². The van der Waals surface area contributed by atoms with E-state index in [1.807, 2.05) is 0 Å². The number of Topliss-reactive ketones (excluding diaryl/α,β-unsaturated/α-hetero) is 1. The van der Waals surface area contributed by atoms with Crippen molar-refractivity contribution in [3.05, 3.63) is 34.0 Å². The van der Waals surface area contributed by atoms with Gasteiger partial charge in [-0.25, -0.2) is 0 Å². The van der Waals surface area contributed by atoms with E-state index in [1.165, 1.54) is 24.1 Å². The molecule has 0 amide bonds. The summed E-state index contributed by atoms with van der Waals surface area (Å²) in [6, 6.07) is 4.23. The van der Waals surface area contributed by atoms with Gasteiger partial charge in [-0.15, -0.1) is 11.3 Å². The summed E-state index contributed by atoms with van der Waals surface area (Å²) in [5.41, 5.74) is 1.11. The Morgan fingerprint density at radius 2 is 2.24 bits per heavy atom. The number of aryl methyl sites for hydroxylation is 1. The average molecular weight is 248 g/mol. The van der Waals surface area contributed by atoms with E-state index in [-0.39, 0.29) is 0 Å². The SMILES string of the molecule is O=C(CCCc1cccs1)C1=CCCCCC1. The molecule has 0 aromatic carbocycles. The minimum atomic E-state index is 0.392. The number of allylic oxidation sites excluding steroid dienone is 2. The number of ketones is 1. The van der Waals surface area contributed by atoms with Crippen LogP contribution in [-0.2, 0) is 11.2 Å². The van der Waals surface area contributed by atoms with E-state index >= 15 is 0 Å². The molecular weight excluding hydrogens is 228 g/mol. The summed E-state index contributed by atoms with van der Waals surface area (Å²) in [6.07, 6.45) is 10.8. The van der Waals surface area contributed by atoms with Crippen molar-refractivity contribution in [3.8, 4) is 0 Å². The lowest BCUT2D eigenvalue weighted by molar-refractivity contribution is -0.115. The first-order valence-electron chi connectivity index (χ1n) is 6.61. The highest BCUT2D eigenvalue weighted by Gasteiger charge is 2.11. The zero-order valence-corrected chi connectivity index (χ0v) is 11.1. The van der Waals surface area contributed by atoms with Gasteiger partial charge in [-0.3, -0.25) is 4.79 Å². The minimum absolute atomic E-state index is 0.392. The molecule has 0 bridgehead atoms. The quantitative estimate of drug-likeness (QED) is 0.748. The second kappa shape index (κ2) is 6.75. The highest BCUT2D eigenvalue weighted by atomic mass is 32.1. The van der Waals surface area contributed by atoms with Crippen LogP contribution in [0.25, 0.3) is 0 Å². The van der Waals surface area contributed by atoms with Crippen molar-refractivity contribution in [2.75, 3.05) is 0 Å². The first kappa shape index (κ1) is 12.6. The smallest absolute Gasteiger partial charge is 0.158 e. The standard InChI is InChI=1S/C15H20OS/c16-15(13-7-3-1-2-4-8-13)11-5-9-14-10-6-12-17-14/h6-7,10,12H,1-5,8-9,11H2. The van der Waals surface area contributed by atoms with Crippen LogP contribution in [0.2, 0.25) is 0 Å². The predicted octanol–water partition coefficient (Wildman–Crippen LogP) is 4.53. The Morgan fingerprint density at radius 3 is 3.06 bits per heavy atom. The van der Waals surface area contributed by atoms with Crippen LogP contribution in [0.3, 0.4) is 0 Å². The molecule has 1 aromatic rings. The summed E-state index contributed by atoms with van der Waals surface area (Å²) < 4.78 is 0. The molecule has 0 fully saturated rings. The summed E-state index contributed by atoms with van der Waals surface area (Å²) in [4.78, 5) is 13.4. The van der Waals surface area contributed by atoms with Crippen molar-refractivity contribution in [1.82, 2.24) is 0 Å². The molecule has 2 heteroatoms. The monoisotopic (exact) mass is 248 g/mol. The first-order valence-corrected chi connectivity index (χ1v) is 7.49. The number of rotatable bonds is 5. The molecular formula is C15H20OS. The van der Waals surface area contributed by atoms with Gasteiger partial charge in [0.15, 0.2) is 5.78 Å². The van der Waals surface area contributed by atoms with Gasteiger partial charge < -0.3 is 0 Å². The fraction of sp³-hybridized carbons (Fsp3) is 0.533. The Labute approximate surface area is 108 Å². The highest BCUT2D eigenvalue weighted by molar-refractivity contribution is 7.09. The third-order valence-corrected chi connectivity index (χ3v) is 4.24. The van der Waals surface area contributed by atoms with Crippen molar-refractivity contribution < 1.29 is 4.79 Å². The number of carbonyl (C=O) groups is 1. The molecule has 2 rings (SSSR count). The molecule has 0 atom stereocenters. The summed E-state index contributed by atoms with van der Waals surface area (Å²) in [6.45, 7) is 0. The third kappa shape index (κ3) is 4.12. The summed E-state index contributed by atoms with van der Waals surface area (Å²) in [7, 11) is 0. The molecule has 0 spiro atoms. The molecule has 0 saturated heterocycles. The molecule has 1 nitrogen and oxygen atoms in total. The topological polar surface area (TPSA) is 17.1 Å². The van der Waals surface area contributed by atoms with Crippen LogP contribution in [0.15, 0.2) is 29.2 Å². The number of carbonyl (C=O) groups excluding carboxylic acids is 1. The average Bonchev–Trinajstić information content (AvgIpc) is 2.69. The molecule has 1 aromatic heterocycles. The van der Waals surface area contributed by atoms with Crippen molar-refractivity contribution in [2.45, 2.75) is 51.4 Å². The largest absolute Gasteiger partial charge is 0.295 e. The Hall–Kier alpha value is -0.890. The van der Waals surface area contributed by atoms with Gasteiger partial charge in [-0.05, 0) is 55.5 Å². The molecule has 0 aliphatic heterocycles. The minimum Gasteiger partial charge on any atom is -0.295 e. The van der Waals surface area contributed by atoms with E-state index < -0.39 is 0 Å². The van der Waals surface area contributed by atoms with Crippen LogP contribution in [0.5, 0.6) is 0 Å². The zero-order chi connectivity index (χ0) is 11.9. The summed E-state index contributed by atoms with van der Waals surface area (Å²) in [5, 5.41) is 2.10. The third-order valence-electron chi connectivity index (χ3n) is 3.31. The van der Waals surface area contributed by atoms with Gasteiger partial charge in [0, 0.05) is 11.3 Å². The maximum atomic E-state index is 12.0. The lowest BCUT2D eigenvalue weighted by Gasteiger charge is -2.03. The lowest BCUT2D eigenvalue weighted by Crippen LogP contribution is -2.02. The lowest BCUT2D eigenvalue weighted by atomic mass is 10.0. The van der Waals surface area contributed by atoms with E-state index in [0.717, 1.165) is 37.7 Å². The van der Waals surface area contributed by atoms with Gasteiger partial charge in [-0.1, -0.05) is 18.6 Å². The van der Waals surface area contributed by atoms with E-state index in [9.17, 15) is 4.79 Å². The van der Waals surface area contributed by atoms with E-state index in [2.05, 4.69) is 23.6 Å². The molecule has 0 unspecified atom stereocenters. The summed E-state index contributed by atoms with van der Waals surface area (Å²) >= 11 is 1.79. The van der Waals surface area contributed by atoms with Gasteiger partial charge in [-0.2, -0.15) is 0 Å². The summed E-state index contributed by atoms with van der Waals surface area (Å²) in [5.74, 6) is 0.392. The molecule has 1 aliphatic rings. The molecule has 1 heterocycles. The molecule has 92 valence electrons. The molecule has 0 radical (unpaired) electrons. The normalized spacial score (nSPS) is 16.4. The van der Waals surface area contributed by atoms with Gasteiger partial charge in [0.1, 0.15) is 0 Å². The molecule has 0 saturated carbocycles. The van der Waals surface area contributed by atoms with Crippen LogP contribution >= 0.6 is 11.3 Å². The van der Waals surface area contributed by atoms with Gasteiger partial charge in [0.05, 0.1) is 0 Å². The predicted molar refractivity (Wildman–Crippen MR) is 73.4 cm³/mol. The Bertz CT molecular complexity index is 376. The maximum Gasteiger partial charge on any atom is 0.158 e. The maximum absolute atomic E-state index is 12.0. The van der Waals surface area contributed by atoms with Crippen LogP contribution in [0.4, 0.5) is 0 Å².